The van der Waals surface area contributed by atoms with Gasteiger partial charge in [0.1, 0.15) is 6.54 Å². The molecule has 2 aromatic rings. The van der Waals surface area contributed by atoms with Crippen LogP contribution in [-0.2, 0) is 11.3 Å². The molecule has 0 fully saturated rings. The average molecular weight is 352 g/mol. The number of halogens is 1. The van der Waals surface area contributed by atoms with Crippen molar-refractivity contribution in [1.82, 2.24) is 20.8 Å². The molecular formula is C16H22ClN5O2. The maximum atomic E-state index is 5.98. The summed E-state index contributed by atoms with van der Waals surface area (Å²) in [7, 11) is 0. The van der Waals surface area contributed by atoms with Gasteiger partial charge in [-0.05, 0) is 26.0 Å². The van der Waals surface area contributed by atoms with Crippen LogP contribution in [0.25, 0.3) is 11.4 Å². The summed E-state index contributed by atoms with van der Waals surface area (Å²) in [5.41, 5.74) is 0.809. The predicted molar refractivity (Wildman–Crippen MR) is 94.1 cm³/mol. The Morgan fingerprint density at radius 1 is 1.33 bits per heavy atom. The van der Waals surface area contributed by atoms with E-state index >= 15 is 0 Å². The molecular weight excluding hydrogens is 330 g/mol. The lowest BCUT2D eigenvalue weighted by Gasteiger charge is -2.10. The Morgan fingerprint density at radius 2 is 2.21 bits per heavy atom. The first-order chi connectivity index (χ1) is 11.7. The lowest BCUT2D eigenvalue weighted by atomic mass is 10.2. The Balaban J connectivity index is 1.96. The highest BCUT2D eigenvalue weighted by atomic mass is 35.5. The zero-order chi connectivity index (χ0) is 17.2. The van der Waals surface area contributed by atoms with Gasteiger partial charge in [-0.15, -0.1) is 0 Å². The van der Waals surface area contributed by atoms with Gasteiger partial charge in [0, 0.05) is 30.3 Å². The molecule has 0 radical (unpaired) electrons. The average Bonchev–Trinajstić information content (AvgIpc) is 3.05. The van der Waals surface area contributed by atoms with Gasteiger partial charge in [0.25, 0.3) is 0 Å². The molecule has 1 heterocycles. The second-order valence-corrected chi connectivity index (χ2v) is 5.28. The summed E-state index contributed by atoms with van der Waals surface area (Å²) in [5.74, 6) is 1.61. The Kier molecular flexibility index (Phi) is 7.51. The number of ether oxygens (including phenoxy) is 1. The van der Waals surface area contributed by atoms with E-state index in [9.17, 15) is 0 Å². The van der Waals surface area contributed by atoms with Crippen molar-refractivity contribution >= 4 is 17.6 Å². The van der Waals surface area contributed by atoms with Gasteiger partial charge < -0.3 is 19.9 Å². The molecule has 1 aromatic carbocycles. The van der Waals surface area contributed by atoms with Crippen LogP contribution < -0.4 is 10.6 Å². The largest absolute Gasteiger partial charge is 0.380 e. The van der Waals surface area contributed by atoms with E-state index in [-0.39, 0.29) is 6.54 Å². The minimum absolute atomic E-state index is 0.289. The molecule has 0 unspecified atom stereocenters. The molecule has 0 atom stereocenters. The zero-order valence-corrected chi connectivity index (χ0v) is 14.6. The van der Waals surface area contributed by atoms with Crippen molar-refractivity contribution in [2.75, 3.05) is 26.3 Å². The molecule has 0 aliphatic carbocycles. The molecule has 130 valence electrons. The van der Waals surface area contributed by atoms with Crippen molar-refractivity contribution in [2.45, 2.75) is 20.4 Å². The topological polar surface area (TPSA) is 84.6 Å². The molecule has 0 bridgehead atoms. The number of rotatable bonds is 8. The number of aromatic nitrogens is 2. The van der Waals surface area contributed by atoms with Crippen LogP contribution in [0.15, 0.2) is 33.8 Å². The summed E-state index contributed by atoms with van der Waals surface area (Å²) >= 11 is 5.98. The summed E-state index contributed by atoms with van der Waals surface area (Å²) in [6, 6.07) is 7.31. The standard InChI is InChI=1S/C16H22ClN5O2/c1-3-18-16(19-8-9-23-4-2)20-11-14-21-15(22-24-14)12-6-5-7-13(17)10-12/h5-7,10H,3-4,8-9,11H2,1-2H3,(H2,18,19,20). The minimum Gasteiger partial charge on any atom is -0.380 e. The Morgan fingerprint density at radius 3 is 2.96 bits per heavy atom. The second kappa shape index (κ2) is 9.89. The lowest BCUT2D eigenvalue weighted by molar-refractivity contribution is 0.152. The van der Waals surface area contributed by atoms with Gasteiger partial charge in [0.15, 0.2) is 5.96 Å². The third kappa shape index (κ3) is 5.82. The van der Waals surface area contributed by atoms with Crippen molar-refractivity contribution in [1.29, 1.82) is 0 Å². The van der Waals surface area contributed by atoms with E-state index < -0.39 is 0 Å². The van der Waals surface area contributed by atoms with Crippen LogP contribution in [0.3, 0.4) is 0 Å². The number of nitrogens with zero attached hydrogens (tertiary/aromatic N) is 3. The van der Waals surface area contributed by atoms with Crippen LogP contribution in [0.5, 0.6) is 0 Å². The van der Waals surface area contributed by atoms with Crippen LogP contribution in [0.2, 0.25) is 5.02 Å². The summed E-state index contributed by atoms with van der Waals surface area (Å²) < 4.78 is 10.5. The van der Waals surface area contributed by atoms with E-state index in [1.807, 2.05) is 26.0 Å². The van der Waals surface area contributed by atoms with Gasteiger partial charge in [-0.1, -0.05) is 28.9 Å². The molecule has 0 saturated carbocycles. The molecule has 0 amide bonds. The summed E-state index contributed by atoms with van der Waals surface area (Å²) in [6.45, 7) is 7.02. The van der Waals surface area contributed by atoms with Crippen LogP contribution in [0.4, 0.5) is 0 Å². The number of hydrogen-bond acceptors (Lipinski definition) is 5. The van der Waals surface area contributed by atoms with Gasteiger partial charge in [0.05, 0.1) is 6.61 Å². The van der Waals surface area contributed by atoms with Crippen molar-refractivity contribution in [3.05, 3.63) is 35.2 Å². The van der Waals surface area contributed by atoms with Gasteiger partial charge in [-0.2, -0.15) is 4.98 Å². The zero-order valence-electron chi connectivity index (χ0n) is 13.9. The Labute approximate surface area is 146 Å². The Hall–Kier alpha value is -2.12. The fourth-order valence-corrected chi connectivity index (χ4v) is 2.13. The van der Waals surface area contributed by atoms with Crippen LogP contribution >= 0.6 is 11.6 Å². The SMILES string of the molecule is CCNC(=NCc1nc(-c2cccc(Cl)c2)no1)NCCOCC. The fourth-order valence-electron chi connectivity index (χ4n) is 1.94. The minimum atomic E-state index is 0.289. The number of hydrogen-bond donors (Lipinski definition) is 2. The highest BCUT2D eigenvalue weighted by molar-refractivity contribution is 6.30. The van der Waals surface area contributed by atoms with Gasteiger partial charge >= 0.3 is 0 Å². The van der Waals surface area contributed by atoms with Gasteiger partial charge in [0.2, 0.25) is 11.7 Å². The molecule has 0 aliphatic heterocycles. The molecule has 2 N–H and O–H groups in total. The van der Waals surface area contributed by atoms with Crippen molar-refractivity contribution in [3.8, 4) is 11.4 Å². The van der Waals surface area contributed by atoms with E-state index in [1.165, 1.54) is 0 Å². The van der Waals surface area contributed by atoms with Crippen LogP contribution in [0.1, 0.15) is 19.7 Å². The van der Waals surface area contributed by atoms with Crippen molar-refractivity contribution in [3.63, 3.8) is 0 Å². The third-order valence-corrected chi connectivity index (χ3v) is 3.25. The number of nitrogens with one attached hydrogen (secondary N) is 2. The number of guanidine groups is 1. The van der Waals surface area contributed by atoms with E-state index in [0.29, 0.717) is 42.5 Å². The molecule has 8 heteroatoms. The predicted octanol–water partition coefficient (Wildman–Crippen LogP) is 2.48. The molecule has 0 saturated heterocycles. The van der Waals surface area contributed by atoms with Gasteiger partial charge in [-0.3, -0.25) is 0 Å². The molecule has 1 aromatic heterocycles. The summed E-state index contributed by atoms with van der Waals surface area (Å²) in [5, 5.41) is 10.9. The second-order valence-electron chi connectivity index (χ2n) is 4.84. The fraction of sp³-hybridized carbons (Fsp3) is 0.438. The monoisotopic (exact) mass is 351 g/mol. The first-order valence-corrected chi connectivity index (χ1v) is 8.29. The van der Waals surface area contributed by atoms with Crippen molar-refractivity contribution in [2.24, 2.45) is 4.99 Å². The molecule has 0 spiro atoms. The van der Waals surface area contributed by atoms with E-state index in [0.717, 1.165) is 12.1 Å². The quantitative estimate of drug-likeness (QED) is 0.432. The highest BCUT2D eigenvalue weighted by Gasteiger charge is 2.09. The van der Waals surface area contributed by atoms with Crippen LogP contribution in [0, 0.1) is 0 Å². The summed E-state index contributed by atoms with van der Waals surface area (Å²) in [4.78, 5) is 8.76. The summed E-state index contributed by atoms with van der Waals surface area (Å²) in [6.07, 6.45) is 0. The molecule has 0 aliphatic rings. The molecule has 24 heavy (non-hydrogen) atoms. The maximum Gasteiger partial charge on any atom is 0.248 e. The smallest absolute Gasteiger partial charge is 0.248 e. The van der Waals surface area contributed by atoms with Crippen molar-refractivity contribution < 1.29 is 9.26 Å². The normalized spacial score (nSPS) is 11.5. The van der Waals surface area contributed by atoms with Crippen LogP contribution in [-0.4, -0.2) is 42.4 Å². The Bertz CT molecular complexity index is 659. The highest BCUT2D eigenvalue weighted by Crippen LogP contribution is 2.19. The van der Waals surface area contributed by atoms with E-state index in [4.69, 9.17) is 20.9 Å². The first kappa shape index (κ1) is 18.2. The maximum absolute atomic E-state index is 5.98. The third-order valence-electron chi connectivity index (χ3n) is 3.01. The van der Waals surface area contributed by atoms with Gasteiger partial charge in [-0.25, -0.2) is 4.99 Å². The molecule has 2 rings (SSSR count). The number of aliphatic imine (C=N–C) groups is 1. The van der Waals surface area contributed by atoms with E-state index in [2.05, 4.69) is 25.8 Å². The first-order valence-electron chi connectivity index (χ1n) is 7.91. The van der Waals surface area contributed by atoms with E-state index in [1.54, 1.807) is 12.1 Å². The lowest BCUT2D eigenvalue weighted by Crippen LogP contribution is -2.39. The number of benzene rings is 1. The molecule has 7 nitrogen and oxygen atoms in total.